The topological polar surface area (TPSA) is 82.2 Å². The summed E-state index contributed by atoms with van der Waals surface area (Å²) in [5.41, 5.74) is 1.24. The minimum atomic E-state index is 0.522. The van der Waals surface area contributed by atoms with Crippen molar-refractivity contribution in [2.45, 2.75) is 50.0 Å². The molecule has 4 aliphatic rings. The number of anilines is 3. The fourth-order valence-corrected chi connectivity index (χ4v) is 4.41. The lowest BCUT2D eigenvalue weighted by atomic mass is 9.83. The summed E-state index contributed by atoms with van der Waals surface area (Å²) in [6.45, 7) is 5.93. The van der Waals surface area contributed by atoms with Gasteiger partial charge in [0.15, 0.2) is 5.82 Å². The molecule has 29 heavy (non-hydrogen) atoms. The minimum absolute atomic E-state index is 0.522. The van der Waals surface area contributed by atoms with Crippen LogP contribution < -0.4 is 10.2 Å². The Morgan fingerprint density at radius 3 is 2.41 bits per heavy atom. The molecule has 0 spiro atoms. The number of ether oxygens (including phenoxy) is 1. The van der Waals surface area contributed by atoms with E-state index in [-0.39, 0.29) is 0 Å². The van der Waals surface area contributed by atoms with Crippen molar-refractivity contribution in [1.82, 2.24) is 25.1 Å². The maximum absolute atomic E-state index is 5.36. The summed E-state index contributed by atoms with van der Waals surface area (Å²) in [5.74, 6) is 4.91. The molecule has 8 heteroatoms. The number of aromatic nitrogens is 4. The van der Waals surface area contributed by atoms with Crippen molar-refractivity contribution in [3.8, 4) is 0 Å². The van der Waals surface area contributed by atoms with Gasteiger partial charge < -0.3 is 15.0 Å². The molecule has 8 nitrogen and oxygen atoms in total. The fourth-order valence-electron chi connectivity index (χ4n) is 4.41. The molecular formula is C21H29N7O. The molecule has 2 aliphatic carbocycles. The van der Waals surface area contributed by atoms with Crippen LogP contribution in [0.5, 0.6) is 0 Å². The van der Waals surface area contributed by atoms with Crippen LogP contribution in [0.25, 0.3) is 0 Å². The molecule has 2 saturated heterocycles. The van der Waals surface area contributed by atoms with Gasteiger partial charge >= 0.3 is 0 Å². The zero-order valence-electron chi connectivity index (χ0n) is 16.8. The number of piperazine rings is 1. The van der Waals surface area contributed by atoms with Crippen LogP contribution in [0, 0.1) is 0 Å². The van der Waals surface area contributed by atoms with Gasteiger partial charge in [-0.3, -0.25) is 10.00 Å². The van der Waals surface area contributed by atoms with Crippen LogP contribution >= 0.6 is 0 Å². The first-order valence-corrected chi connectivity index (χ1v) is 11.1. The van der Waals surface area contributed by atoms with Gasteiger partial charge in [-0.1, -0.05) is 6.42 Å². The molecule has 2 aliphatic heterocycles. The molecule has 0 atom stereocenters. The van der Waals surface area contributed by atoms with Crippen LogP contribution in [0.2, 0.25) is 0 Å². The van der Waals surface area contributed by atoms with E-state index in [9.17, 15) is 0 Å². The number of nitrogens with one attached hydrogen (secondary N) is 2. The van der Waals surface area contributed by atoms with E-state index < -0.39 is 0 Å². The zero-order valence-corrected chi connectivity index (χ0v) is 16.8. The van der Waals surface area contributed by atoms with Gasteiger partial charge in [-0.15, -0.1) is 0 Å². The van der Waals surface area contributed by atoms with Crippen LogP contribution in [0.15, 0.2) is 12.1 Å². The van der Waals surface area contributed by atoms with Crippen LogP contribution in [0.4, 0.5) is 17.5 Å². The minimum Gasteiger partial charge on any atom is -0.378 e. The van der Waals surface area contributed by atoms with Gasteiger partial charge in [0.2, 0.25) is 0 Å². The predicted octanol–water partition coefficient (Wildman–Crippen LogP) is 2.61. The van der Waals surface area contributed by atoms with E-state index in [1.165, 1.54) is 37.8 Å². The first-order chi connectivity index (χ1) is 14.3. The Kier molecular flexibility index (Phi) is 4.41. The van der Waals surface area contributed by atoms with Gasteiger partial charge in [-0.2, -0.15) is 5.10 Å². The summed E-state index contributed by atoms with van der Waals surface area (Å²) >= 11 is 0. The van der Waals surface area contributed by atoms with Gasteiger partial charge in [0.1, 0.15) is 17.5 Å². The van der Waals surface area contributed by atoms with Gasteiger partial charge in [0.25, 0.3) is 0 Å². The monoisotopic (exact) mass is 395 g/mol. The Balaban J connectivity index is 1.19. The molecule has 4 heterocycles. The summed E-state index contributed by atoms with van der Waals surface area (Å²) in [6, 6.07) is 4.85. The largest absolute Gasteiger partial charge is 0.378 e. The molecule has 0 bridgehead atoms. The van der Waals surface area contributed by atoms with Crippen molar-refractivity contribution in [3.05, 3.63) is 23.7 Å². The summed E-state index contributed by atoms with van der Waals surface area (Å²) in [5, 5.41) is 11.1. The molecule has 0 amide bonds. The Morgan fingerprint density at radius 1 is 0.931 bits per heavy atom. The SMILES string of the molecule is c1c(Nc2cc(C3CCC3)[nH]n2)nc(C2CC2)nc1N1CCN(C2COC2)CC1. The Bertz CT molecular complexity index is 864. The second kappa shape index (κ2) is 7.25. The van der Waals surface area contributed by atoms with Crippen LogP contribution in [0.3, 0.4) is 0 Å². The van der Waals surface area contributed by atoms with E-state index in [4.69, 9.17) is 14.7 Å². The molecule has 6 rings (SSSR count). The van der Waals surface area contributed by atoms with E-state index >= 15 is 0 Å². The predicted molar refractivity (Wildman–Crippen MR) is 111 cm³/mol. The number of rotatable bonds is 6. The Morgan fingerprint density at radius 2 is 1.76 bits per heavy atom. The summed E-state index contributed by atoms with van der Waals surface area (Å²) in [6.07, 6.45) is 6.26. The van der Waals surface area contributed by atoms with Crippen molar-refractivity contribution in [3.63, 3.8) is 0 Å². The second-order valence-electron chi connectivity index (χ2n) is 8.92. The quantitative estimate of drug-likeness (QED) is 0.778. The highest BCUT2D eigenvalue weighted by Gasteiger charge is 2.31. The molecule has 2 saturated carbocycles. The number of hydrogen-bond acceptors (Lipinski definition) is 7. The van der Waals surface area contributed by atoms with Crippen molar-refractivity contribution in [2.75, 3.05) is 49.6 Å². The third-order valence-electron chi connectivity index (χ3n) is 6.85. The average molecular weight is 396 g/mol. The molecule has 0 unspecified atom stereocenters. The first-order valence-electron chi connectivity index (χ1n) is 11.1. The highest BCUT2D eigenvalue weighted by atomic mass is 16.5. The summed E-state index contributed by atoms with van der Waals surface area (Å²) < 4.78 is 5.36. The molecule has 0 radical (unpaired) electrons. The van der Waals surface area contributed by atoms with Crippen LogP contribution in [0.1, 0.15) is 55.5 Å². The van der Waals surface area contributed by atoms with Gasteiger partial charge in [0, 0.05) is 55.8 Å². The second-order valence-corrected chi connectivity index (χ2v) is 8.92. The van der Waals surface area contributed by atoms with E-state index in [2.05, 4.69) is 37.4 Å². The normalized spacial score (nSPS) is 23.7. The summed E-state index contributed by atoms with van der Waals surface area (Å²) in [7, 11) is 0. The standard InChI is InChI=1S/C21H29N7O/c1-2-14(3-1)17-10-19(26-25-17)22-18-11-20(24-21(23-18)15-4-5-15)28-8-6-27(7-9-28)16-12-29-13-16/h10-11,14-16H,1-9,12-13H2,(H2,22,23,24,25,26). The molecule has 2 aromatic heterocycles. The molecule has 0 aromatic carbocycles. The third-order valence-corrected chi connectivity index (χ3v) is 6.85. The smallest absolute Gasteiger partial charge is 0.153 e. The third kappa shape index (κ3) is 3.59. The maximum atomic E-state index is 5.36. The zero-order chi connectivity index (χ0) is 19.2. The lowest BCUT2D eigenvalue weighted by Gasteiger charge is -2.42. The average Bonchev–Trinajstić information content (AvgIpc) is 3.41. The Labute approximate surface area is 171 Å². The van der Waals surface area contributed by atoms with Gasteiger partial charge in [-0.05, 0) is 25.7 Å². The number of hydrogen-bond donors (Lipinski definition) is 2. The van der Waals surface area contributed by atoms with E-state index in [1.54, 1.807) is 0 Å². The van der Waals surface area contributed by atoms with E-state index in [0.29, 0.717) is 17.9 Å². The lowest BCUT2D eigenvalue weighted by molar-refractivity contribution is -0.0661. The van der Waals surface area contributed by atoms with E-state index in [0.717, 1.165) is 62.7 Å². The van der Waals surface area contributed by atoms with Crippen molar-refractivity contribution in [1.29, 1.82) is 0 Å². The number of aromatic amines is 1. The van der Waals surface area contributed by atoms with Crippen LogP contribution in [-0.2, 0) is 4.74 Å². The molecule has 2 aromatic rings. The maximum Gasteiger partial charge on any atom is 0.153 e. The number of H-pyrrole nitrogens is 1. The highest BCUT2D eigenvalue weighted by molar-refractivity contribution is 5.57. The molecule has 4 fully saturated rings. The number of nitrogens with zero attached hydrogens (tertiary/aromatic N) is 5. The van der Waals surface area contributed by atoms with Crippen LogP contribution in [-0.4, -0.2) is 70.5 Å². The molecular weight excluding hydrogens is 366 g/mol. The van der Waals surface area contributed by atoms with Gasteiger partial charge in [0.05, 0.1) is 19.3 Å². The molecule has 2 N–H and O–H groups in total. The highest BCUT2D eigenvalue weighted by Crippen LogP contribution is 2.40. The Hall–Kier alpha value is -2.19. The van der Waals surface area contributed by atoms with Crippen molar-refractivity contribution < 1.29 is 4.74 Å². The summed E-state index contributed by atoms with van der Waals surface area (Å²) in [4.78, 5) is 14.7. The lowest BCUT2D eigenvalue weighted by Crippen LogP contribution is -2.56. The fraction of sp³-hybridized carbons (Fsp3) is 0.667. The van der Waals surface area contributed by atoms with Gasteiger partial charge in [-0.25, -0.2) is 9.97 Å². The van der Waals surface area contributed by atoms with E-state index in [1.807, 2.05) is 0 Å². The van der Waals surface area contributed by atoms with Crippen molar-refractivity contribution >= 4 is 17.5 Å². The molecule has 154 valence electrons. The van der Waals surface area contributed by atoms with Crippen molar-refractivity contribution in [2.24, 2.45) is 0 Å². The first kappa shape index (κ1) is 17.7.